The molecule has 0 radical (unpaired) electrons. The van der Waals surface area contributed by atoms with Gasteiger partial charge in [0.25, 0.3) is 5.56 Å². The maximum Gasteiger partial charge on any atom is 0.511 e. The van der Waals surface area contributed by atoms with E-state index in [0.29, 0.717) is 29.9 Å². The number of hydrogen-bond acceptors (Lipinski definition) is 5. The highest BCUT2D eigenvalue weighted by atomic mass is 19.1. The molecule has 26 heavy (non-hydrogen) atoms. The van der Waals surface area contributed by atoms with E-state index in [0.717, 1.165) is 31.0 Å². The van der Waals surface area contributed by atoms with Gasteiger partial charge in [-0.1, -0.05) is 0 Å². The zero-order chi connectivity index (χ0) is 18.6. The number of fused-ring (bicyclic) bond motifs is 1. The van der Waals surface area contributed by atoms with E-state index < -0.39 is 17.5 Å². The molecule has 2 aromatic heterocycles. The quantitative estimate of drug-likeness (QED) is 0.814. The molecule has 0 amide bonds. The fraction of sp³-hybridized carbons (Fsp3) is 0.444. The van der Waals surface area contributed by atoms with Crippen LogP contribution >= 0.6 is 0 Å². The highest BCUT2D eigenvalue weighted by molar-refractivity contribution is 5.74. The Morgan fingerprint density at radius 2 is 2.12 bits per heavy atom. The number of carbonyl (C=O) groups is 1. The van der Waals surface area contributed by atoms with Gasteiger partial charge in [0.05, 0.1) is 17.4 Å². The summed E-state index contributed by atoms with van der Waals surface area (Å²) in [6.45, 7) is 3.02. The van der Waals surface area contributed by atoms with E-state index in [-0.39, 0.29) is 17.7 Å². The van der Waals surface area contributed by atoms with E-state index in [1.54, 1.807) is 6.92 Å². The van der Waals surface area contributed by atoms with Crippen LogP contribution in [-0.2, 0) is 0 Å². The average molecular weight is 361 g/mol. The smallest absolute Gasteiger partial charge is 0.449 e. The van der Waals surface area contributed by atoms with Crippen LogP contribution < -0.4 is 20.9 Å². The van der Waals surface area contributed by atoms with Crippen molar-refractivity contribution >= 4 is 17.4 Å². The number of nitrogens with zero attached hydrogens (tertiary/aromatic N) is 2. The summed E-state index contributed by atoms with van der Waals surface area (Å²) in [7, 11) is 0. The number of carboxylic acid groups (broad SMARTS) is 1. The molecule has 1 aliphatic carbocycles. The molecule has 2 aliphatic rings. The third-order valence-corrected chi connectivity index (χ3v) is 5.16. The highest BCUT2D eigenvalue weighted by Crippen LogP contribution is 2.44. The van der Waals surface area contributed by atoms with E-state index in [9.17, 15) is 14.0 Å². The summed E-state index contributed by atoms with van der Waals surface area (Å²) in [5.74, 6) is -0.605. The third kappa shape index (κ3) is 2.70. The molecule has 2 fully saturated rings. The lowest BCUT2D eigenvalue weighted by atomic mass is 10.0. The lowest BCUT2D eigenvalue weighted by Crippen LogP contribution is -2.28. The Kier molecular flexibility index (Phi) is 3.87. The molecule has 0 bridgehead atoms. The van der Waals surface area contributed by atoms with Crippen molar-refractivity contribution in [3.05, 3.63) is 39.6 Å². The number of aromatic nitrogens is 1. The van der Waals surface area contributed by atoms with Gasteiger partial charge in [0.1, 0.15) is 0 Å². The number of ether oxygens (including phenoxy) is 1. The molecule has 3 N–H and O–H groups in total. The summed E-state index contributed by atoms with van der Waals surface area (Å²) in [4.78, 5) is 25.4. The molecular weight excluding hydrogens is 341 g/mol. The second kappa shape index (κ2) is 5.98. The molecule has 7 nitrogen and oxygen atoms in total. The molecule has 1 aliphatic heterocycles. The number of nitrogens with two attached hydrogens (primary N) is 1. The number of anilines is 1. The van der Waals surface area contributed by atoms with Crippen LogP contribution in [-0.4, -0.2) is 34.8 Å². The maximum atomic E-state index is 14.9. The van der Waals surface area contributed by atoms with Gasteiger partial charge in [0.2, 0.25) is 0 Å². The zero-order valence-corrected chi connectivity index (χ0v) is 14.4. The van der Waals surface area contributed by atoms with Gasteiger partial charge in [-0.3, -0.25) is 9.20 Å². The summed E-state index contributed by atoms with van der Waals surface area (Å²) < 4.78 is 20.7. The molecule has 0 unspecified atom stereocenters. The molecule has 4 rings (SSSR count). The molecule has 3 heterocycles. The summed E-state index contributed by atoms with van der Waals surface area (Å²) in [6, 6.07) is 1.50. The first kappa shape index (κ1) is 16.8. The van der Waals surface area contributed by atoms with Crippen LogP contribution in [0.1, 0.15) is 36.3 Å². The van der Waals surface area contributed by atoms with Crippen molar-refractivity contribution in [1.82, 2.24) is 4.40 Å². The highest BCUT2D eigenvalue weighted by Gasteiger charge is 2.31. The van der Waals surface area contributed by atoms with Crippen molar-refractivity contribution in [3.8, 4) is 5.75 Å². The van der Waals surface area contributed by atoms with Crippen molar-refractivity contribution in [3.63, 3.8) is 0 Å². The number of pyridine rings is 2. The number of halogens is 1. The minimum absolute atomic E-state index is 0.00136. The fourth-order valence-corrected chi connectivity index (χ4v) is 3.87. The zero-order valence-electron chi connectivity index (χ0n) is 14.4. The molecule has 0 aromatic carbocycles. The van der Waals surface area contributed by atoms with Gasteiger partial charge in [-0.2, -0.15) is 0 Å². The predicted octanol–water partition coefficient (Wildman–Crippen LogP) is 2.22. The molecule has 138 valence electrons. The minimum atomic E-state index is -1.57. The standard InChI is InChI=1S/C18H20FN3O4/c1-9-15-12(10-2-3-10)6-14(26-18(24)25)17(23)22(15)8-13(19)16(9)21-5-4-11(20)7-21/h6,8,10-11H,2-5,7,20H2,1H3,(H,24,25)/t11-/m0/s1. The Morgan fingerprint density at radius 1 is 1.38 bits per heavy atom. The number of rotatable bonds is 3. The SMILES string of the molecule is Cc1c(N2CC[C@H](N)C2)c(F)cn2c(=O)c(OC(=O)O)cc(C3CC3)c12. The second-order valence-electron chi connectivity index (χ2n) is 7.08. The van der Waals surface area contributed by atoms with Crippen LogP contribution in [0.3, 0.4) is 0 Å². The Morgan fingerprint density at radius 3 is 2.69 bits per heavy atom. The van der Waals surface area contributed by atoms with Gasteiger partial charge in [0.15, 0.2) is 11.6 Å². The van der Waals surface area contributed by atoms with E-state index in [1.807, 2.05) is 4.90 Å². The molecule has 0 spiro atoms. The van der Waals surface area contributed by atoms with Gasteiger partial charge in [-0.05, 0) is 49.3 Å². The monoisotopic (exact) mass is 361 g/mol. The van der Waals surface area contributed by atoms with Crippen LogP contribution in [0, 0.1) is 12.7 Å². The Labute approximate surface area is 148 Å². The molecule has 1 saturated carbocycles. The van der Waals surface area contributed by atoms with Crippen molar-refractivity contribution in [2.75, 3.05) is 18.0 Å². The predicted molar refractivity (Wildman–Crippen MR) is 93.8 cm³/mol. The first-order chi connectivity index (χ1) is 12.4. The first-order valence-electron chi connectivity index (χ1n) is 8.66. The Hall–Kier alpha value is -2.61. The van der Waals surface area contributed by atoms with Crippen LogP contribution in [0.25, 0.3) is 5.52 Å². The summed E-state index contributed by atoms with van der Waals surface area (Å²) in [5.41, 5.74) is 7.86. The topological polar surface area (TPSA) is 97.3 Å². The van der Waals surface area contributed by atoms with Crippen molar-refractivity contribution in [2.45, 2.75) is 38.1 Å². The van der Waals surface area contributed by atoms with Gasteiger partial charge in [-0.15, -0.1) is 0 Å². The first-order valence-corrected chi connectivity index (χ1v) is 8.66. The Balaban J connectivity index is 1.97. The largest absolute Gasteiger partial charge is 0.511 e. The van der Waals surface area contributed by atoms with Gasteiger partial charge >= 0.3 is 6.16 Å². The second-order valence-corrected chi connectivity index (χ2v) is 7.08. The van der Waals surface area contributed by atoms with E-state index in [1.165, 1.54) is 10.5 Å². The number of hydrogen-bond donors (Lipinski definition) is 2. The van der Waals surface area contributed by atoms with Crippen LogP contribution in [0.15, 0.2) is 17.1 Å². The maximum absolute atomic E-state index is 14.9. The molecule has 8 heteroatoms. The molecule has 1 saturated heterocycles. The molecule has 2 aromatic rings. The summed E-state index contributed by atoms with van der Waals surface area (Å²) in [5, 5.41) is 8.87. The fourth-order valence-electron chi connectivity index (χ4n) is 3.87. The van der Waals surface area contributed by atoms with E-state index in [2.05, 4.69) is 4.74 Å². The van der Waals surface area contributed by atoms with Crippen LogP contribution in [0.2, 0.25) is 0 Å². The van der Waals surface area contributed by atoms with Gasteiger partial charge in [0, 0.05) is 19.1 Å². The summed E-state index contributed by atoms with van der Waals surface area (Å²) >= 11 is 0. The van der Waals surface area contributed by atoms with Crippen molar-refractivity contribution in [1.29, 1.82) is 0 Å². The van der Waals surface area contributed by atoms with E-state index >= 15 is 0 Å². The molecular formula is C18H20FN3O4. The van der Waals surface area contributed by atoms with Gasteiger partial charge in [-0.25, -0.2) is 9.18 Å². The van der Waals surface area contributed by atoms with Gasteiger partial charge < -0.3 is 20.5 Å². The van der Waals surface area contributed by atoms with E-state index in [4.69, 9.17) is 10.8 Å². The number of aryl methyl sites for hydroxylation is 1. The average Bonchev–Trinajstić information content (AvgIpc) is 3.32. The lowest BCUT2D eigenvalue weighted by molar-refractivity contribution is 0.143. The third-order valence-electron chi connectivity index (χ3n) is 5.16. The lowest BCUT2D eigenvalue weighted by Gasteiger charge is -2.24. The Bertz CT molecular complexity index is 967. The summed E-state index contributed by atoms with van der Waals surface area (Å²) in [6.07, 6.45) is 2.24. The van der Waals surface area contributed by atoms with Crippen LogP contribution in [0.5, 0.6) is 5.75 Å². The normalized spacial score (nSPS) is 20.0. The minimum Gasteiger partial charge on any atom is -0.449 e. The van der Waals surface area contributed by atoms with Crippen molar-refractivity contribution in [2.24, 2.45) is 5.73 Å². The van der Waals surface area contributed by atoms with Crippen LogP contribution in [0.4, 0.5) is 14.9 Å². The molecule has 1 atom stereocenters. The van der Waals surface area contributed by atoms with Crippen molar-refractivity contribution < 1.29 is 19.0 Å².